The number of allylic oxidation sites excluding steroid dienone is 2. The molecule has 8 nitrogen and oxygen atoms in total. The van der Waals surface area contributed by atoms with E-state index in [9.17, 15) is 24.3 Å². The van der Waals surface area contributed by atoms with E-state index in [-0.39, 0.29) is 30.8 Å². The molecule has 1 fully saturated rings. The highest BCUT2D eigenvalue weighted by atomic mass is 16.6. The van der Waals surface area contributed by atoms with E-state index < -0.39 is 36.0 Å². The van der Waals surface area contributed by atoms with Crippen LogP contribution in [-0.2, 0) is 33.4 Å². The van der Waals surface area contributed by atoms with Gasteiger partial charge in [-0.05, 0) is 43.1 Å². The maximum atomic E-state index is 12.2. The van der Waals surface area contributed by atoms with Gasteiger partial charge in [-0.1, -0.05) is 12.7 Å². The molecular formula is C22H26O8. The van der Waals surface area contributed by atoms with Gasteiger partial charge in [-0.25, -0.2) is 9.59 Å². The second-order valence-corrected chi connectivity index (χ2v) is 7.22. The molecule has 2 rings (SSSR count). The standard InChI is InChI=1S/C22H26O8/c1-13(7-8-23)21(26)28-12-17-6-4-5-16(11-24)9-18(29-15(3)25)20-14(2)22(27)30-19(20)10-17/h5,7-8,10,18-20,24H,2,4,6,9,11-12H2,1,3H3. The molecule has 0 amide bonds. The lowest BCUT2D eigenvalue weighted by molar-refractivity contribution is -0.149. The fourth-order valence-electron chi connectivity index (χ4n) is 3.45. The quantitative estimate of drug-likeness (QED) is 0.228. The normalized spacial score (nSPS) is 24.8. The van der Waals surface area contributed by atoms with Gasteiger partial charge in [0.1, 0.15) is 25.1 Å². The maximum absolute atomic E-state index is 12.2. The smallest absolute Gasteiger partial charge is 0.334 e. The molecule has 1 aliphatic heterocycles. The molecule has 0 spiro atoms. The van der Waals surface area contributed by atoms with Crippen LogP contribution in [0.25, 0.3) is 0 Å². The third kappa shape index (κ3) is 6.00. The molecular weight excluding hydrogens is 392 g/mol. The van der Waals surface area contributed by atoms with E-state index in [1.54, 1.807) is 6.08 Å². The van der Waals surface area contributed by atoms with Gasteiger partial charge < -0.3 is 19.3 Å². The van der Waals surface area contributed by atoms with Gasteiger partial charge in [-0.3, -0.25) is 9.59 Å². The van der Waals surface area contributed by atoms with Crippen LogP contribution in [0, 0.1) is 5.92 Å². The molecule has 3 atom stereocenters. The zero-order valence-electron chi connectivity index (χ0n) is 17.1. The first-order valence-corrected chi connectivity index (χ1v) is 9.61. The van der Waals surface area contributed by atoms with Crippen LogP contribution in [-0.4, -0.2) is 54.7 Å². The highest BCUT2D eigenvalue weighted by Gasteiger charge is 2.44. The van der Waals surface area contributed by atoms with Crippen LogP contribution < -0.4 is 0 Å². The first kappa shape index (κ1) is 23.3. The molecule has 1 saturated heterocycles. The number of hydrogen-bond donors (Lipinski definition) is 1. The van der Waals surface area contributed by atoms with Gasteiger partial charge in [-0.2, -0.15) is 0 Å². The molecule has 0 aromatic carbocycles. The zero-order chi connectivity index (χ0) is 22.3. The topological polar surface area (TPSA) is 116 Å². The Labute approximate surface area is 174 Å². The average molecular weight is 418 g/mol. The minimum absolute atomic E-state index is 0.0589. The van der Waals surface area contributed by atoms with Crippen molar-refractivity contribution in [3.8, 4) is 0 Å². The largest absolute Gasteiger partial charge is 0.461 e. The summed E-state index contributed by atoms with van der Waals surface area (Å²) in [4.78, 5) is 46.3. The Kier molecular flexibility index (Phi) is 8.29. The monoisotopic (exact) mass is 418 g/mol. The number of ether oxygens (including phenoxy) is 3. The molecule has 0 aromatic heterocycles. The lowest BCUT2D eigenvalue weighted by Gasteiger charge is -2.27. The molecule has 0 bridgehead atoms. The average Bonchev–Trinajstić information content (AvgIpc) is 2.97. The minimum atomic E-state index is -0.743. The number of carbonyl (C=O) groups excluding carboxylic acids is 4. The Morgan fingerprint density at radius 1 is 1.33 bits per heavy atom. The predicted octanol–water partition coefficient (Wildman–Crippen LogP) is 1.73. The molecule has 0 aromatic rings. The van der Waals surface area contributed by atoms with Crippen LogP contribution in [0.5, 0.6) is 0 Å². The van der Waals surface area contributed by atoms with Crippen molar-refractivity contribution >= 4 is 24.2 Å². The number of rotatable bonds is 6. The first-order valence-electron chi connectivity index (χ1n) is 9.61. The van der Waals surface area contributed by atoms with Crippen LogP contribution in [0.2, 0.25) is 0 Å². The van der Waals surface area contributed by atoms with Crippen molar-refractivity contribution in [2.24, 2.45) is 5.92 Å². The summed E-state index contributed by atoms with van der Waals surface area (Å²) in [5.74, 6) is -2.37. The van der Waals surface area contributed by atoms with Gasteiger partial charge in [-0.15, -0.1) is 0 Å². The Balaban J connectivity index is 2.33. The van der Waals surface area contributed by atoms with Gasteiger partial charge in [0, 0.05) is 24.5 Å². The highest BCUT2D eigenvalue weighted by Crippen LogP contribution is 2.36. The summed E-state index contributed by atoms with van der Waals surface area (Å²) in [6, 6.07) is 0. The number of hydrogen-bond acceptors (Lipinski definition) is 8. The molecule has 0 radical (unpaired) electrons. The van der Waals surface area contributed by atoms with Crippen molar-refractivity contribution in [3.63, 3.8) is 0 Å². The molecule has 8 heteroatoms. The summed E-state index contributed by atoms with van der Waals surface area (Å²) >= 11 is 0. The Hall–Kier alpha value is -3.00. The minimum Gasteiger partial charge on any atom is -0.461 e. The summed E-state index contributed by atoms with van der Waals surface area (Å²) in [6.07, 6.45) is 4.97. The zero-order valence-corrected chi connectivity index (χ0v) is 17.1. The summed E-state index contributed by atoms with van der Waals surface area (Å²) in [5.41, 5.74) is 1.70. The molecule has 2 aliphatic rings. The Morgan fingerprint density at radius 2 is 2.07 bits per heavy atom. The fraction of sp³-hybridized carbons (Fsp3) is 0.455. The van der Waals surface area contributed by atoms with Crippen LogP contribution in [0.15, 0.2) is 47.1 Å². The number of esters is 3. The first-order chi connectivity index (χ1) is 14.3. The van der Waals surface area contributed by atoms with Crippen molar-refractivity contribution in [3.05, 3.63) is 47.1 Å². The van der Waals surface area contributed by atoms with Crippen molar-refractivity contribution in [1.82, 2.24) is 0 Å². The molecule has 3 unspecified atom stereocenters. The predicted molar refractivity (Wildman–Crippen MR) is 106 cm³/mol. The lowest BCUT2D eigenvalue weighted by Crippen LogP contribution is -2.33. The van der Waals surface area contributed by atoms with E-state index in [4.69, 9.17) is 14.2 Å². The number of aldehydes is 1. The van der Waals surface area contributed by atoms with E-state index in [0.29, 0.717) is 30.3 Å². The Morgan fingerprint density at radius 3 is 2.70 bits per heavy atom. The van der Waals surface area contributed by atoms with Gasteiger partial charge in [0.25, 0.3) is 0 Å². The van der Waals surface area contributed by atoms with Gasteiger partial charge in [0.05, 0.1) is 12.5 Å². The van der Waals surface area contributed by atoms with Gasteiger partial charge in [0.15, 0.2) is 0 Å². The van der Waals surface area contributed by atoms with Crippen molar-refractivity contribution in [1.29, 1.82) is 0 Å². The van der Waals surface area contributed by atoms with E-state index in [1.165, 1.54) is 13.8 Å². The SMILES string of the molecule is C=C1C(=O)OC2C=C(COC(=O)C(C)=CC=O)CCC=C(CO)CC(OC(C)=O)C12. The van der Waals surface area contributed by atoms with E-state index in [0.717, 1.165) is 6.08 Å². The summed E-state index contributed by atoms with van der Waals surface area (Å²) < 4.78 is 16.1. The molecule has 1 aliphatic carbocycles. The maximum Gasteiger partial charge on any atom is 0.334 e. The Bertz CT molecular complexity index is 817. The van der Waals surface area contributed by atoms with Crippen LogP contribution >= 0.6 is 0 Å². The number of aliphatic hydroxyl groups is 1. The fourth-order valence-corrected chi connectivity index (χ4v) is 3.45. The van der Waals surface area contributed by atoms with Crippen LogP contribution in [0.4, 0.5) is 0 Å². The van der Waals surface area contributed by atoms with Crippen LogP contribution in [0.1, 0.15) is 33.1 Å². The third-order valence-corrected chi connectivity index (χ3v) is 4.97. The number of aliphatic hydroxyl groups excluding tert-OH is 1. The van der Waals surface area contributed by atoms with Crippen molar-refractivity contribution in [2.45, 2.75) is 45.3 Å². The van der Waals surface area contributed by atoms with Gasteiger partial charge in [0.2, 0.25) is 0 Å². The van der Waals surface area contributed by atoms with E-state index in [1.807, 2.05) is 6.08 Å². The molecule has 0 saturated carbocycles. The molecule has 30 heavy (non-hydrogen) atoms. The van der Waals surface area contributed by atoms with Crippen LogP contribution in [0.3, 0.4) is 0 Å². The molecule has 1 heterocycles. The van der Waals surface area contributed by atoms with E-state index in [2.05, 4.69) is 6.58 Å². The number of fused-ring (bicyclic) bond motifs is 1. The number of carbonyl (C=O) groups is 4. The van der Waals surface area contributed by atoms with Crippen molar-refractivity contribution in [2.75, 3.05) is 13.2 Å². The molecule has 162 valence electrons. The second kappa shape index (κ2) is 10.7. The van der Waals surface area contributed by atoms with Gasteiger partial charge >= 0.3 is 17.9 Å². The van der Waals surface area contributed by atoms with Crippen molar-refractivity contribution < 1.29 is 38.5 Å². The summed E-state index contributed by atoms with van der Waals surface area (Å²) in [7, 11) is 0. The third-order valence-electron chi connectivity index (χ3n) is 4.97. The van der Waals surface area contributed by atoms with E-state index >= 15 is 0 Å². The second-order valence-electron chi connectivity index (χ2n) is 7.22. The lowest BCUT2D eigenvalue weighted by atomic mass is 9.85. The highest BCUT2D eigenvalue weighted by molar-refractivity contribution is 5.92. The summed E-state index contributed by atoms with van der Waals surface area (Å²) in [6.45, 7) is 6.25. The molecule has 1 N–H and O–H groups in total. The summed E-state index contributed by atoms with van der Waals surface area (Å²) in [5, 5.41) is 9.69.